The van der Waals surface area contributed by atoms with E-state index in [9.17, 15) is 24.6 Å². The summed E-state index contributed by atoms with van der Waals surface area (Å²) in [6, 6.07) is 24.4. The van der Waals surface area contributed by atoms with Crippen LogP contribution in [0.2, 0.25) is 0 Å². The predicted molar refractivity (Wildman–Crippen MR) is 94.9 cm³/mol. The van der Waals surface area contributed by atoms with E-state index < -0.39 is 17.9 Å². The number of benzene rings is 3. The number of carboxylic acids is 3. The van der Waals surface area contributed by atoms with Gasteiger partial charge in [-0.25, -0.2) is 4.79 Å². The van der Waals surface area contributed by atoms with Crippen LogP contribution in [0.15, 0.2) is 91.0 Å². The monoisotopic (exact) mass is 426 g/mol. The Morgan fingerprint density at radius 1 is 0.552 bits per heavy atom. The third-order valence-electron chi connectivity index (χ3n) is 3.04. The summed E-state index contributed by atoms with van der Waals surface area (Å²) in [5.41, 5.74) is 0.771. The van der Waals surface area contributed by atoms with Crippen LogP contribution in [0.1, 0.15) is 31.1 Å². The second kappa shape index (κ2) is 17.6. The Balaban J connectivity index is 0. The fourth-order valence-corrected chi connectivity index (χ4v) is 1.73. The van der Waals surface area contributed by atoms with E-state index in [1.54, 1.807) is 66.7 Å². The molecule has 0 aliphatic heterocycles. The molecule has 3 rings (SSSR count). The summed E-state index contributed by atoms with van der Waals surface area (Å²) in [6.07, 6.45) is 0. The van der Waals surface area contributed by atoms with Crippen LogP contribution in [0.25, 0.3) is 0 Å². The quantitative estimate of drug-likeness (QED) is 0.422. The standard InChI is InChI=1S/3C7H6O2.K.Na/c3*8-7(9)6-4-2-1-3-5-6;;/h3*1-5H,(H,8,9);;/q;;;2*+1/p-2. The average molecular weight is 426 g/mol. The van der Waals surface area contributed by atoms with Gasteiger partial charge in [0.25, 0.3) is 0 Å². The number of hydrogen-bond donors (Lipinski definition) is 1. The van der Waals surface area contributed by atoms with E-state index in [1.807, 2.05) is 0 Å². The molecule has 0 fully saturated rings. The van der Waals surface area contributed by atoms with Gasteiger partial charge >= 0.3 is 86.9 Å². The molecular weight excluding hydrogens is 410 g/mol. The van der Waals surface area contributed by atoms with E-state index in [-0.39, 0.29) is 92.1 Å². The minimum atomic E-state index is -1.13. The zero-order valence-corrected chi connectivity index (χ0v) is 21.3. The van der Waals surface area contributed by atoms with Crippen LogP contribution in [-0.2, 0) is 0 Å². The number of aromatic carboxylic acids is 3. The molecule has 1 N–H and O–H groups in total. The fourth-order valence-electron chi connectivity index (χ4n) is 1.73. The Morgan fingerprint density at radius 2 is 0.793 bits per heavy atom. The van der Waals surface area contributed by atoms with Crippen molar-refractivity contribution in [1.29, 1.82) is 0 Å². The molecule has 0 heterocycles. The summed E-state index contributed by atoms with van der Waals surface area (Å²) in [5, 5.41) is 28.6. The van der Waals surface area contributed by atoms with Crippen LogP contribution >= 0.6 is 0 Å². The van der Waals surface area contributed by atoms with Crippen LogP contribution in [0.5, 0.6) is 0 Å². The summed E-state index contributed by atoms with van der Waals surface area (Å²) >= 11 is 0. The molecule has 29 heavy (non-hydrogen) atoms. The van der Waals surface area contributed by atoms with Gasteiger partial charge in [0.1, 0.15) is 0 Å². The average Bonchev–Trinajstić information content (AvgIpc) is 2.71. The maximum absolute atomic E-state index is 10.2. The van der Waals surface area contributed by atoms with Gasteiger partial charge in [-0.05, 0) is 23.3 Å². The molecule has 0 atom stereocenters. The number of carbonyl (C=O) groups is 3. The van der Waals surface area contributed by atoms with E-state index in [4.69, 9.17) is 5.11 Å². The number of rotatable bonds is 3. The van der Waals surface area contributed by atoms with Crippen LogP contribution < -0.4 is 91.2 Å². The minimum Gasteiger partial charge on any atom is -0.545 e. The Kier molecular flexibility index (Phi) is 18.1. The second-order valence-electron chi connectivity index (χ2n) is 4.98. The van der Waals surface area contributed by atoms with E-state index in [1.165, 1.54) is 24.3 Å². The van der Waals surface area contributed by atoms with Gasteiger partial charge in [0.2, 0.25) is 0 Å². The molecule has 138 valence electrons. The van der Waals surface area contributed by atoms with E-state index in [0.717, 1.165) is 0 Å². The summed E-state index contributed by atoms with van der Waals surface area (Å²) in [7, 11) is 0. The molecule has 0 unspecified atom stereocenters. The first kappa shape index (κ1) is 29.9. The van der Waals surface area contributed by atoms with E-state index in [0.29, 0.717) is 5.56 Å². The van der Waals surface area contributed by atoms with Crippen molar-refractivity contribution in [3.8, 4) is 0 Å². The van der Waals surface area contributed by atoms with Gasteiger partial charge in [0.05, 0.1) is 17.5 Å². The Hall–Kier alpha value is -1.29. The van der Waals surface area contributed by atoms with Gasteiger partial charge in [-0.15, -0.1) is 0 Å². The van der Waals surface area contributed by atoms with Gasteiger partial charge in [0.15, 0.2) is 0 Å². The molecule has 6 nitrogen and oxygen atoms in total. The van der Waals surface area contributed by atoms with Crippen LogP contribution in [0, 0.1) is 0 Å². The molecule has 8 heteroatoms. The number of carbonyl (C=O) groups excluding carboxylic acids is 2. The Morgan fingerprint density at radius 3 is 0.931 bits per heavy atom. The molecule has 0 saturated heterocycles. The van der Waals surface area contributed by atoms with Gasteiger partial charge in [0, 0.05) is 0 Å². The maximum Gasteiger partial charge on any atom is 1.00 e. The molecule has 0 radical (unpaired) electrons. The molecule has 0 aromatic heterocycles. The summed E-state index contributed by atoms with van der Waals surface area (Å²) in [4.78, 5) is 30.4. The van der Waals surface area contributed by atoms with Crippen molar-refractivity contribution in [2.45, 2.75) is 0 Å². The van der Waals surface area contributed by atoms with Crippen molar-refractivity contribution >= 4 is 17.9 Å². The van der Waals surface area contributed by atoms with Gasteiger partial charge < -0.3 is 24.9 Å². The van der Waals surface area contributed by atoms with Gasteiger partial charge in [-0.1, -0.05) is 78.9 Å². The fraction of sp³-hybridized carbons (Fsp3) is 0. The maximum atomic E-state index is 10.2. The van der Waals surface area contributed by atoms with E-state index >= 15 is 0 Å². The van der Waals surface area contributed by atoms with Crippen molar-refractivity contribution in [2.24, 2.45) is 0 Å². The molecular formula is C21H16KNaO6. The summed E-state index contributed by atoms with van der Waals surface area (Å²) in [5.74, 6) is -3.14. The van der Waals surface area contributed by atoms with Crippen molar-refractivity contribution in [3.05, 3.63) is 108 Å². The first-order chi connectivity index (χ1) is 12.9. The van der Waals surface area contributed by atoms with Crippen LogP contribution in [0.3, 0.4) is 0 Å². The molecule has 0 saturated carbocycles. The van der Waals surface area contributed by atoms with Crippen molar-refractivity contribution in [3.63, 3.8) is 0 Å². The van der Waals surface area contributed by atoms with Crippen LogP contribution in [0.4, 0.5) is 0 Å². The smallest absolute Gasteiger partial charge is 0.545 e. The van der Waals surface area contributed by atoms with E-state index in [2.05, 4.69) is 0 Å². The first-order valence-corrected chi connectivity index (χ1v) is 7.73. The summed E-state index contributed by atoms with van der Waals surface area (Å²) < 4.78 is 0. The topological polar surface area (TPSA) is 118 Å². The zero-order chi connectivity index (χ0) is 20.1. The van der Waals surface area contributed by atoms with Crippen LogP contribution in [-0.4, -0.2) is 23.0 Å². The van der Waals surface area contributed by atoms with Gasteiger partial charge in [-0.2, -0.15) is 0 Å². The molecule has 3 aromatic carbocycles. The molecule has 3 aromatic rings. The molecule has 0 aliphatic rings. The number of carboxylic acid groups (broad SMARTS) is 3. The number of hydrogen-bond acceptors (Lipinski definition) is 5. The molecule has 0 aliphatic carbocycles. The molecule has 0 spiro atoms. The first-order valence-electron chi connectivity index (χ1n) is 7.73. The summed E-state index contributed by atoms with van der Waals surface area (Å²) in [6.45, 7) is 0. The Labute approximate surface area is 233 Å². The predicted octanol–water partition coefficient (Wildman–Crippen LogP) is -4.51. The van der Waals surface area contributed by atoms with Crippen molar-refractivity contribution in [1.82, 2.24) is 0 Å². The second-order valence-corrected chi connectivity index (χ2v) is 4.98. The molecule has 0 amide bonds. The zero-order valence-electron chi connectivity index (χ0n) is 16.1. The largest absolute Gasteiger partial charge is 1.00 e. The van der Waals surface area contributed by atoms with Crippen molar-refractivity contribution < 1.29 is 111 Å². The molecule has 0 bridgehead atoms. The Bertz CT molecular complexity index is 740. The third-order valence-corrected chi connectivity index (χ3v) is 3.04. The minimum absolute atomic E-state index is 0. The normalized spacial score (nSPS) is 8.28. The third kappa shape index (κ3) is 13.5. The van der Waals surface area contributed by atoms with Gasteiger partial charge in [-0.3, -0.25) is 0 Å². The van der Waals surface area contributed by atoms with Crippen molar-refractivity contribution in [2.75, 3.05) is 0 Å². The SMILES string of the molecule is O=C(O)c1ccccc1.O=C([O-])c1ccccc1.O=C([O-])c1ccccc1.[K+].[Na+].